The Labute approximate surface area is 197 Å². The third-order valence-electron chi connectivity index (χ3n) is 9.28. The molecule has 3 atom stereocenters. The Morgan fingerprint density at radius 1 is 1.15 bits per heavy atom. The average molecular weight is 454 g/mol. The largest absolute Gasteiger partial charge is 0.390 e. The van der Waals surface area contributed by atoms with Crippen molar-refractivity contribution in [2.75, 3.05) is 37.6 Å². The van der Waals surface area contributed by atoms with E-state index in [1.165, 1.54) is 12.8 Å². The minimum atomic E-state index is -0.470. The Balaban J connectivity index is 1.11. The average Bonchev–Trinajstić information content (AvgIpc) is 2.81. The molecule has 3 heterocycles. The molecule has 0 radical (unpaired) electrons. The van der Waals surface area contributed by atoms with E-state index in [4.69, 9.17) is 4.98 Å². The van der Waals surface area contributed by atoms with Crippen molar-refractivity contribution in [2.45, 2.75) is 75.6 Å². The van der Waals surface area contributed by atoms with Gasteiger partial charge in [-0.25, -0.2) is 4.98 Å². The molecule has 2 saturated heterocycles. The first-order valence-corrected chi connectivity index (χ1v) is 13.2. The highest BCUT2D eigenvalue weighted by atomic mass is 16.3. The number of nitrogens with one attached hydrogen (secondary N) is 2. The molecule has 0 aromatic carbocycles. The number of nitrogens with zero attached hydrogens (tertiary/aromatic N) is 3. The first kappa shape index (κ1) is 21.8. The molecule has 7 nitrogen and oxygen atoms in total. The van der Waals surface area contributed by atoms with Crippen molar-refractivity contribution in [3.8, 4) is 0 Å². The van der Waals surface area contributed by atoms with Gasteiger partial charge in [0.05, 0.1) is 5.60 Å². The molecule has 4 saturated carbocycles. The lowest BCUT2D eigenvalue weighted by molar-refractivity contribution is -0.136. The quantitative estimate of drug-likeness (QED) is 0.647. The lowest BCUT2D eigenvalue weighted by atomic mass is 9.52. The number of hydrogen-bond donors (Lipinski definition) is 3. The summed E-state index contributed by atoms with van der Waals surface area (Å²) in [6.07, 6.45) is 7.43. The summed E-state index contributed by atoms with van der Waals surface area (Å²) in [7, 11) is 0. The zero-order chi connectivity index (χ0) is 22.6. The highest BCUT2D eigenvalue weighted by Gasteiger charge is 2.55. The van der Waals surface area contributed by atoms with Crippen LogP contribution in [0.1, 0.15) is 62.4 Å². The summed E-state index contributed by atoms with van der Waals surface area (Å²) in [6.45, 7) is 7.60. The summed E-state index contributed by atoms with van der Waals surface area (Å²) in [5.41, 5.74) is 0.0514. The predicted molar refractivity (Wildman–Crippen MR) is 128 cm³/mol. The molecule has 1 aromatic heterocycles. The van der Waals surface area contributed by atoms with Gasteiger partial charge in [0.15, 0.2) is 0 Å². The number of rotatable bonds is 4. The SMILES string of the molecule is C[C@@H]1CN(C2CCNCC2)CCN1c1cccc(C(=O)N[C@H]2C3CC4CC2C[C@](O)(C4)C3)n1. The molecule has 6 fully saturated rings. The topological polar surface area (TPSA) is 80.7 Å². The van der Waals surface area contributed by atoms with E-state index in [2.05, 4.69) is 27.4 Å². The lowest BCUT2D eigenvalue weighted by Gasteiger charge is -2.58. The van der Waals surface area contributed by atoms with E-state index in [1.807, 2.05) is 18.2 Å². The van der Waals surface area contributed by atoms with Gasteiger partial charge in [-0.05, 0) is 94.8 Å². The molecule has 33 heavy (non-hydrogen) atoms. The maximum Gasteiger partial charge on any atom is 0.270 e. The molecular weight excluding hydrogens is 414 g/mol. The van der Waals surface area contributed by atoms with Crippen molar-refractivity contribution in [2.24, 2.45) is 17.8 Å². The van der Waals surface area contributed by atoms with Crippen LogP contribution in [0.25, 0.3) is 0 Å². The van der Waals surface area contributed by atoms with Gasteiger partial charge < -0.3 is 20.6 Å². The third kappa shape index (κ3) is 4.17. The standard InChI is InChI=1S/C26H39N5O2/c1-17-16-30(21-5-7-27-8-6-21)9-10-31(17)23-4-2-3-22(28-23)25(32)29-24-19-11-18-12-20(24)15-26(33,13-18)14-19/h2-4,17-21,24,27,33H,5-16H2,1H3,(H,29,32)/t17-,18?,19?,20?,24-,26-/m1/s1. The molecule has 3 N–H and O–H groups in total. The zero-order valence-electron chi connectivity index (χ0n) is 19.9. The van der Waals surface area contributed by atoms with Gasteiger partial charge in [-0.3, -0.25) is 9.69 Å². The fraction of sp³-hybridized carbons (Fsp3) is 0.769. The van der Waals surface area contributed by atoms with Crippen LogP contribution in [0, 0.1) is 17.8 Å². The molecule has 0 spiro atoms. The van der Waals surface area contributed by atoms with E-state index in [9.17, 15) is 9.90 Å². The van der Waals surface area contributed by atoms with Crippen molar-refractivity contribution in [1.29, 1.82) is 0 Å². The second-order valence-corrected chi connectivity index (χ2v) is 11.6. The summed E-state index contributed by atoms with van der Waals surface area (Å²) >= 11 is 0. The minimum Gasteiger partial charge on any atom is -0.390 e. The van der Waals surface area contributed by atoms with Gasteiger partial charge in [0.1, 0.15) is 11.5 Å². The van der Waals surface area contributed by atoms with E-state index < -0.39 is 5.60 Å². The fourth-order valence-corrected chi connectivity index (χ4v) is 7.98. The number of amides is 1. The van der Waals surface area contributed by atoms with Crippen molar-refractivity contribution in [3.05, 3.63) is 23.9 Å². The molecule has 7 rings (SSSR count). The van der Waals surface area contributed by atoms with Crippen LogP contribution >= 0.6 is 0 Å². The van der Waals surface area contributed by atoms with E-state index in [0.29, 0.717) is 35.5 Å². The first-order valence-electron chi connectivity index (χ1n) is 13.2. The summed E-state index contributed by atoms with van der Waals surface area (Å²) in [5, 5.41) is 17.7. The molecule has 4 aliphatic carbocycles. The highest BCUT2D eigenvalue weighted by molar-refractivity contribution is 5.93. The van der Waals surface area contributed by atoms with Crippen LogP contribution in [0.3, 0.4) is 0 Å². The van der Waals surface area contributed by atoms with Crippen molar-refractivity contribution >= 4 is 11.7 Å². The van der Waals surface area contributed by atoms with Crippen molar-refractivity contribution < 1.29 is 9.90 Å². The fourth-order valence-electron chi connectivity index (χ4n) is 7.98. The van der Waals surface area contributed by atoms with E-state index in [0.717, 1.165) is 70.6 Å². The predicted octanol–water partition coefficient (Wildman–Crippen LogP) is 2.01. The second kappa shape index (κ2) is 8.51. The smallest absolute Gasteiger partial charge is 0.270 e. The van der Waals surface area contributed by atoms with Gasteiger partial charge >= 0.3 is 0 Å². The Bertz CT molecular complexity index is 871. The van der Waals surface area contributed by atoms with Crippen molar-refractivity contribution in [3.63, 3.8) is 0 Å². The lowest BCUT2D eigenvalue weighted by Crippen LogP contribution is -2.61. The van der Waals surface area contributed by atoms with Crippen LogP contribution in [-0.2, 0) is 0 Å². The van der Waals surface area contributed by atoms with E-state index >= 15 is 0 Å². The van der Waals surface area contributed by atoms with Gasteiger partial charge in [0.25, 0.3) is 5.91 Å². The number of anilines is 1. The monoisotopic (exact) mass is 453 g/mol. The van der Waals surface area contributed by atoms with Crippen LogP contribution in [0.4, 0.5) is 5.82 Å². The number of piperidine rings is 1. The summed E-state index contributed by atoms with van der Waals surface area (Å²) in [4.78, 5) is 23.1. The number of piperazine rings is 1. The summed E-state index contributed by atoms with van der Waals surface area (Å²) in [6, 6.07) is 7.13. The Morgan fingerprint density at radius 2 is 1.91 bits per heavy atom. The maximum atomic E-state index is 13.2. The zero-order valence-corrected chi connectivity index (χ0v) is 19.9. The normalized spacial score (nSPS) is 39.1. The van der Waals surface area contributed by atoms with Crippen LogP contribution in [0.2, 0.25) is 0 Å². The van der Waals surface area contributed by atoms with E-state index in [-0.39, 0.29) is 11.9 Å². The van der Waals surface area contributed by atoms with Gasteiger partial charge in [-0.15, -0.1) is 0 Å². The molecule has 4 bridgehead atoms. The number of hydrogen-bond acceptors (Lipinski definition) is 6. The number of carbonyl (C=O) groups is 1. The molecule has 6 aliphatic rings. The number of pyridine rings is 1. The van der Waals surface area contributed by atoms with Gasteiger partial charge in [-0.2, -0.15) is 0 Å². The van der Waals surface area contributed by atoms with Gasteiger partial charge in [0, 0.05) is 37.8 Å². The Kier molecular flexibility index (Phi) is 5.62. The molecule has 1 amide bonds. The molecule has 180 valence electrons. The van der Waals surface area contributed by atoms with E-state index in [1.54, 1.807) is 0 Å². The number of aromatic nitrogens is 1. The van der Waals surface area contributed by atoms with Crippen LogP contribution in [0.5, 0.6) is 0 Å². The minimum absolute atomic E-state index is 0.0534. The second-order valence-electron chi connectivity index (χ2n) is 11.6. The summed E-state index contributed by atoms with van der Waals surface area (Å²) < 4.78 is 0. The Morgan fingerprint density at radius 3 is 2.61 bits per heavy atom. The van der Waals surface area contributed by atoms with Crippen molar-refractivity contribution in [1.82, 2.24) is 20.5 Å². The maximum absolute atomic E-state index is 13.2. The van der Waals surface area contributed by atoms with Crippen LogP contribution in [-0.4, -0.2) is 77.3 Å². The summed E-state index contributed by atoms with van der Waals surface area (Å²) in [5.74, 6) is 2.34. The van der Waals surface area contributed by atoms with Crippen LogP contribution < -0.4 is 15.5 Å². The van der Waals surface area contributed by atoms with Gasteiger partial charge in [0.2, 0.25) is 0 Å². The molecule has 7 heteroatoms. The molecular formula is C26H39N5O2. The number of carbonyl (C=O) groups excluding carboxylic acids is 1. The first-order chi connectivity index (χ1) is 16.0. The number of aliphatic hydroxyl groups is 1. The molecule has 2 aliphatic heterocycles. The molecule has 2 unspecified atom stereocenters. The third-order valence-corrected chi connectivity index (χ3v) is 9.28. The van der Waals surface area contributed by atoms with Crippen LogP contribution in [0.15, 0.2) is 18.2 Å². The van der Waals surface area contributed by atoms with Gasteiger partial charge in [-0.1, -0.05) is 6.07 Å². The highest BCUT2D eigenvalue weighted by Crippen LogP contribution is 2.55. The molecule has 1 aromatic rings. The Hall–Kier alpha value is -1.70.